The Kier molecular flexibility index (Phi) is 7.04. The van der Waals surface area contributed by atoms with Crippen LogP contribution in [0.1, 0.15) is 57.2 Å². The Labute approximate surface area is 285 Å². The van der Waals surface area contributed by atoms with Gasteiger partial charge in [-0.1, -0.05) is 31.6 Å². The molecule has 4 aromatic rings. The Morgan fingerprint density at radius 3 is 2.61 bits per heavy atom. The molecule has 1 aliphatic heterocycles. The molecule has 4 aliphatic carbocycles. The Balaban J connectivity index is 0.910. The van der Waals surface area contributed by atoms with Gasteiger partial charge in [-0.3, -0.25) is 9.69 Å². The zero-order valence-corrected chi connectivity index (χ0v) is 28.2. The third-order valence-electron chi connectivity index (χ3n) is 13.4. The van der Waals surface area contributed by atoms with Crippen molar-refractivity contribution >= 4 is 29.0 Å². The second-order valence-corrected chi connectivity index (χ2v) is 15.8. The molecule has 0 radical (unpaired) electrons. The van der Waals surface area contributed by atoms with Gasteiger partial charge in [-0.15, -0.1) is 0 Å². The van der Waals surface area contributed by atoms with Gasteiger partial charge < -0.3 is 19.5 Å². The summed E-state index contributed by atoms with van der Waals surface area (Å²) in [4.78, 5) is 23.0. The van der Waals surface area contributed by atoms with Gasteiger partial charge in [-0.05, 0) is 110 Å². The van der Waals surface area contributed by atoms with Gasteiger partial charge in [0.1, 0.15) is 16.9 Å². The molecule has 0 spiro atoms. The van der Waals surface area contributed by atoms with Crippen LogP contribution in [0.3, 0.4) is 0 Å². The first-order chi connectivity index (χ1) is 23.6. The van der Waals surface area contributed by atoms with Crippen LogP contribution in [0.15, 0.2) is 64.7 Å². The molecule has 2 N–H and O–H groups in total. The van der Waals surface area contributed by atoms with E-state index >= 15 is 0 Å². The number of hydrogen-bond acceptors (Lipinski definition) is 8. The first-order valence-corrected chi connectivity index (χ1v) is 17.9. The minimum Gasteiger partial charge on any atom is -0.423 e. The molecule has 1 saturated heterocycles. The number of Topliss-reactive ketones (excluding diaryl/α,β-unsaturated/α-hetero) is 1. The van der Waals surface area contributed by atoms with E-state index in [1.165, 1.54) is 17.7 Å². The molecule has 3 heterocycles. The first kappa shape index (κ1) is 31.1. The Morgan fingerprint density at radius 2 is 1.84 bits per heavy atom. The van der Waals surface area contributed by atoms with E-state index in [-0.39, 0.29) is 41.3 Å². The summed E-state index contributed by atoms with van der Waals surface area (Å²) >= 11 is 0. The number of benzene rings is 2. The number of aliphatic hydroxyl groups excluding tert-OH is 1. The van der Waals surface area contributed by atoms with E-state index in [0.29, 0.717) is 45.0 Å². The van der Waals surface area contributed by atoms with E-state index in [1.54, 1.807) is 12.1 Å². The normalized spacial score (nSPS) is 34.2. The lowest BCUT2D eigenvalue weighted by molar-refractivity contribution is -0.180. The third kappa shape index (κ3) is 4.63. The van der Waals surface area contributed by atoms with Crippen molar-refractivity contribution in [3.63, 3.8) is 0 Å². The Bertz CT molecular complexity index is 1930. The molecule has 49 heavy (non-hydrogen) atoms. The summed E-state index contributed by atoms with van der Waals surface area (Å²) in [6.07, 6.45) is 7.79. The standard InChI is InChI=1S/C39H44FN5O4/c1-37-20-24-22-41-45(27-10-8-26(40)9-11-27)31(24)19-25(37)7-12-28-29-13-14-39(48,38(29,2)21-32(46)35(28)37)34(47)23-43-15-17-44(18-16-43)36-42-30-5-3-4-6-33(30)49-36/h3-6,8-11,19,22,28-29,32,35,46,48H,7,12-18,20-21,23H2,1-2H3/t28?,29?,32?,35?,37-,38-,39-/m0/s1. The van der Waals surface area contributed by atoms with E-state index in [1.807, 2.05) is 35.1 Å². The highest BCUT2D eigenvalue weighted by atomic mass is 19.1. The van der Waals surface area contributed by atoms with Gasteiger partial charge in [0.15, 0.2) is 11.4 Å². The summed E-state index contributed by atoms with van der Waals surface area (Å²) in [5, 5.41) is 29.1. The number of carbonyl (C=O) groups excluding carboxylic acids is 1. The maximum absolute atomic E-state index is 14.1. The number of ketones is 1. The SMILES string of the molecule is C[C@]12Cc3cnn(-c4ccc(F)cc4)c3C=C1CCC1C2C(O)C[C@@]2(C)C1CC[C@]2(O)C(=O)CN1CCN(c2nc3ccccc3o2)CC1. The van der Waals surface area contributed by atoms with Crippen molar-refractivity contribution in [2.75, 3.05) is 37.6 Å². The Hall–Kier alpha value is -3.86. The van der Waals surface area contributed by atoms with Crippen LogP contribution >= 0.6 is 0 Å². The monoisotopic (exact) mass is 665 g/mol. The zero-order valence-electron chi connectivity index (χ0n) is 28.2. The number of nitrogens with zero attached hydrogens (tertiary/aromatic N) is 5. The van der Waals surface area contributed by atoms with Crippen LogP contribution in [0.4, 0.5) is 10.4 Å². The fourth-order valence-electron chi connectivity index (χ4n) is 10.9. The summed E-state index contributed by atoms with van der Waals surface area (Å²) in [5.41, 5.74) is 3.52. The molecule has 2 aromatic heterocycles. The van der Waals surface area contributed by atoms with Crippen LogP contribution in [0.5, 0.6) is 0 Å². The molecule has 10 heteroatoms. The number of carbonyl (C=O) groups is 1. The fourth-order valence-corrected chi connectivity index (χ4v) is 10.9. The van der Waals surface area contributed by atoms with Crippen molar-refractivity contribution in [1.82, 2.24) is 19.7 Å². The van der Waals surface area contributed by atoms with Gasteiger partial charge in [0.25, 0.3) is 6.01 Å². The predicted octanol–water partition coefficient (Wildman–Crippen LogP) is 5.43. The van der Waals surface area contributed by atoms with Crippen molar-refractivity contribution in [1.29, 1.82) is 0 Å². The molecule has 256 valence electrons. The fraction of sp³-hybridized carbons (Fsp3) is 0.513. The van der Waals surface area contributed by atoms with E-state index in [4.69, 9.17) is 9.52 Å². The van der Waals surface area contributed by atoms with Gasteiger partial charge in [-0.25, -0.2) is 9.07 Å². The largest absolute Gasteiger partial charge is 0.423 e. The maximum Gasteiger partial charge on any atom is 0.298 e. The van der Waals surface area contributed by atoms with Gasteiger partial charge in [0.05, 0.1) is 30.2 Å². The summed E-state index contributed by atoms with van der Waals surface area (Å²) in [7, 11) is 0. The van der Waals surface area contributed by atoms with Crippen molar-refractivity contribution < 1.29 is 23.8 Å². The van der Waals surface area contributed by atoms with Crippen LogP contribution in [0.25, 0.3) is 22.9 Å². The van der Waals surface area contributed by atoms with Gasteiger partial charge in [0.2, 0.25) is 0 Å². The molecule has 2 aromatic carbocycles. The van der Waals surface area contributed by atoms with Gasteiger partial charge >= 0.3 is 0 Å². The molecule has 3 saturated carbocycles. The Morgan fingerprint density at radius 1 is 1.06 bits per heavy atom. The highest BCUT2D eigenvalue weighted by molar-refractivity contribution is 5.90. The number of para-hydroxylation sites is 2. The zero-order chi connectivity index (χ0) is 33.7. The summed E-state index contributed by atoms with van der Waals surface area (Å²) < 4.78 is 21.5. The lowest BCUT2D eigenvalue weighted by atomic mass is 9.45. The number of rotatable bonds is 5. The highest BCUT2D eigenvalue weighted by Crippen LogP contribution is 2.67. The molecule has 5 aliphatic rings. The lowest BCUT2D eigenvalue weighted by Crippen LogP contribution is -2.63. The number of anilines is 1. The van der Waals surface area contributed by atoms with Crippen LogP contribution in [0.2, 0.25) is 0 Å². The van der Waals surface area contributed by atoms with Crippen molar-refractivity contribution in [3.05, 3.63) is 77.4 Å². The molecule has 0 amide bonds. The molecule has 7 atom stereocenters. The summed E-state index contributed by atoms with van der Waals surface area (Å²) in [5.74, 6) is 0.0178. The quantitative estimate of drug-likeness (QED) is 0.291. The van der Waals surface area contributed by atoms with Crippen LogP contribution in [-0.2, 0) is 11.2 Å². The number of halogens is 1. The van der Waals surface area contributed by atoms with Gasteiger partial charge in [0, 0.05) is 31.6 Å². The highest BCUT2D eigenvalue weighted by Gasteiger charge is 2.68. The van der Waals surface area contributed by atoms with E-state index in [0.717, 1.165) is 53.7 Å². The third-order valence-corrected chi connectivity index (χ3v) is 13.4. The minimum absolute atomic E-state index is 0.0327. The summed E-state index contributed by atoms with van der Waals surface area (Å²) in [6, 6.07) is 14.8. The average molecular weight is 666 g/mol. The summed E-state index contributed by atoms with van der Waals surface area (Å²) in [6.45, 7) is 7.33. The van der Waals surface area contributed by atoms with Crippen LogP contribution in [0, 0.1) is 34.4 Å². The minimum atomic E-state index is -1.46. The molecule has 4 unspecified atom stereocenters. The molecule has 4 fully saturated rings. The number of aliphatic hydroxyl groups is 2. The average Bonchev–Trinajstić information content (AvgIpc) is 3.78. The number of hydrogen-bond donors (Lipinski definition) is 2. The van der Waals surface area contributed by atoms with Gasteiger partial charge in [-0.2, -0.15) is 10.1 Å². The number of aromatic nitrogens is 3. The lowest BCUT2D eigenvalue weighted by Gasteiger charge is -2.60. The second kappa shape index (κ2) is 11.1. The topological polar surface area (TPSA) is 108 Å². The van der Waals surface area contributed by atoms with E-state index in [9.17, 15) is 19.4 Å². The number of allylic oxidation sites excluding steroid dienone is 1. The second-order valence-electron chi connectivity index (χ2n) is 15.8. The maximum atomic E-state index is 14.1. The van der Waals surface area contributed by atoms with Crippen LogP contribution in [-0.4, -0.2) is 80.1 Å². The molecular weight excluding hydrogens is 621 g/mol. The number of oxazole rings is 1. The number of fused-ring (bicyclic) bond motifs is 7. The van der Waals surface area contributed by atoms with E-state index in [2.05, 4.69) is 34.7 Å². The smallest absolute Gasteiger partial charge is 0.298 e. The molecular formula is C39H44FN5O4. The predicted molar refractivity (Wildman–Crippen MR) is 184 cm³/mol. The van der Waals surface area contributed by atoms with E-state index < -0.39 is 17.1 Å². The van der Waals surface area contributed by atoms with Crippen molar-refractivity contribution in [2.24, 2.45) is 28.6 Å². The number of piperazine rings is 1. The van der Waals surface area contributed by atoms with Crippen molar-refractivity contribution in [2.45, 2.75) is 64.1 Å². The first-order valence-electron chi connectivity index (χ1n) is 17.9. The van der Waals surface area contributed by atoms with Crippen molar-refractivity contribution in [3.8, 4) is 5.69 Å². The van der Waals surface area contributed by atoms with Crippen LogP contribution < -0.4 is 4.90 Å². The molecule has 0 bridgehead atoms. The molecule has 9 nitrogen and oxygen atoms in total. The molecule has 9 rings (SSSR count).